The van der Waals surface area contributed by atoms with Gasteiger partial charge in [-0.3, -0.25) is 0 Å². The fraction of sp³-hybridized carbons (Fsp3) is 0.0769. The summed E-state index contributed by atoms with van der Waals surface area (Å²) in [5, 5.41) is 9.28. The lowest BCUT2D eigenvalue weighted by molar-refractivity contribution is 0.563. The van der Waals surface area contributed by atoms with E-state index in [9.17, 15) is 0 Å². The van der Waals surface area contributed by atoms with Gasteiger partial charge in [-0.05, 0) is 210 Å². The molecule has 22 rings (SSSR count). The van der Waals surface area contributed by atoms with Crippen LogP contribution in [0.15, 0.2) is 388 Å². The van der Waals surface area contributed by atoms with Crippen molar-refractivity contribution in [2.45, 2.75) is 49.4 Å². The van der Waals surface area contributed by atoms with Gasteiger partial charge in [0.1, 0.15) is 0 Å². The smallest absolute Gasteiger partial charge is 0.0720 e. The molecule has 520 valence electrons. The van der Waals surface area contributed by atoms with E-state index in [2.05, 4.69) is 411 Å². The molecular weight excluding hydrogens is 1340 g/mol. The van der Waals surface area contributed by atoms with Crippen LogP contribution in [0.4, 0.5) is 28.4 Å². The first-order valence-electron chi connectivity index (χ1n) is 37.9. The summed E-state index contributed by atoms with van der Waals surface area (Å²) in [6, 6.07) is 141. The van der Waals surface area contributed by atoms with E-state index in [1.807, 2.05) is 24.3 Å². The zero-order chi connectivity index (χ0) is 73.2. The summed E-state index contributed by atoms with van der Waals surface area (Å²) in [7, 11) is 0. The zero-order valence-corrected chi connectivity index (χ0v) is 61.9. The third kappa shape index (κ3) is 9.98. The van der Waals surface area contributed by atoms with Crippen LogP contribution in [0.5, 0.6) is 0 Å². The number of para-hydroxylation sites is 6. The van der Waals surface area contributed by atoms with Gasteiger partial charge in [0.2, 0.25) is 0 Å². The molecule has 18 aromatic rings. The number of hydrogen-bond acceptors (Lipinski definition) is 2. The number of halogens is 1. The lowest BCUT2D eigenvalue weighted by atomic mass is 9.55. The van der Waals surface area contributed by atoms with Crippen LogP contribution in [0.1, 0.15) is 94.5 Å². The summed E-state index contributed by atoms with van der Waals surface area (Å²) in [6.45, 7) is 9.46. The topological polar surface area (TPSA) is 25.1 Å². The van der Waals surface area contributed by atoms with Crippen LogP contribution < -0.4 is 10.2 Å². The molecule has 16 aromatic carbocycles. The maximum atomic E-state index is 6.58. The van der Waals surface area contributed by atoms with E-state index in [4.69, 9.17) is 11.6 Å². The number of hydrogen-bond donors (Lipinski definition) is 1. The summed E-state index contributed by atoms with van der Waals surface area (Å²) in [5.41, 5.74) is 33.4. The van der Waals surface area contributed by atoms with Crippen molar-refractivity contribution < 1.29 is 0 Å². The summed E-state index contributed by atoms with van der Waals surface area (Å²) in [6.07, 6.45) is 0. The average Bonchev–Trinajstić information content (AvgIpc) is 1.57. The zero-order valence-electron chi connectivity index (χ0n) is 61.2. The van der Waals surface area contributed by atoms with Gasteiger partial charge < -0.3 is 19.4 Å². The molecule has 2 spiro atoms. The molecule has 2 aromatic heterocycles. The molecule has 0 aliphatic heterocycles. The van der Waals surface area contributed by atoms with Crippen LogP contribution in [0.2, 0.25) is 5.02 Å². The van der Waals surface area contributed by atoms with E-state index < -0.39 is 5.41 Å². The molecule has 0 saturated heterocycles. The number of nitrogens with one attached hydrogen (secondary N) is 1. The van der Waals surface area contributed by atoms with Gasteiger partial charge in [-0.1, -0.05) is 306 Å². The monoisotopic (exact) mass is 1420 g/mol. The molecular formula is C104H77ClN4. The van der Waals surface area contributed by atoms with Gasteiger partial charge in [-0.25, -0.2) is 0 Å². The minimum absolute atomic E-state index is 0.0608. The summed E-state index contributed by atoms with van der Waals surface area (Å²) in [5.74, 6) is 0. The molecule has 0 bridgehead atoms. The van der Waals surface area contributed by atoms with E-state index in [0.717, 1.165) is 39.1 Å². The van der Waals surface area contributed by atoms with Crippen molar-refractivity contribution in [3.63, 3.8) is 0 Å². The maximum absolute atomic E-state index is 6.58. The second kappa shape index (κ2) is 25.6. The van der Waals surface area contributed by atoms with Crippen LogP contribution in [0.3, 0.4) is 0 Å². The van der Waals surface area contributed by atoms with Crippen molar-refractivity contribution in [3.05, 3.63) is 460 Å². The lowest BCUT2D eigenvalue weighted by Crippen LogP contribution is -2.40. The normalized spacial score (nSPS) is 14.2. The van der Waals surface area contributed by atoms with Gasteiger partial charge in [-0.2, -0.15) is 0 Å². The van der Waals surface area contributed by atoms with E-state index in [1.165, 1.54) is 138 Å². The first-order chi connectivity index (χ1) is 53.5. The molecule has 4 nitrogen and oxygen atoms in total. The molecule has 0 atom stereocenters. The van der Waals surface area contributed by atoms with E-state index >= 15 is 0 Å². The predicted octanol–water partition coefficient (Wildman–Crippen LogP) is 27.1. The number of rotatable bonds is 7. The number of benzene rings is 16. The fourth-order valence-corrected chi connectivity index (χ4v) is 19.6. The molecule has 5 heteroatoms. The van der Waals surface area contributed by atoms with Crippen molar-refractivity contribution in [3.8, 4) is 33.6 Å². The van der Waals surface area contributed by atoms with Crippen LogP contribution in [0.25, 0.3) is 77.2 Å². The Hall–Kier alpha value is -13.0. The number of fused-ring (bicyclic) bond motifs is 24. The summed E-state index contributed by atoms with van der Waals surface area (Å²) < 4.78 is 4.72. The van der Waals surface area contributed by atoms with Gasteiger partial charge >= 0.3 is 0 Å². The highest BCUT2D eigenvalue weighted by Crippen LogP contribution is 2.65. The Bertz CT molecular complexity index is 6500. The second-order valence-corrected chi connectivity index (χ2v) is 30.9. The highest BCUT2D eigenvalue weighted by atomic mass is 35.5. The van der Waals surface area contributed by atoms with Gasteiger partial charge in [0, 0.05) is 77.2 Å². The van der Waals surface area contributed by atoms with Crippen molar-refractivity contribution in [2.75, 3.05) is 10.2 Å². The Morgan fingerprint density at radius 2 is 0.578 bits per heavy atom. The third-order valence-electron chi connectivity index (χ3n) is 24.0. The van der Waals surface area contributed by atoms with Crippen molar-refractivity contribution >= 4 is 83.6 Å². The van der Waals surface area contributed by atoms with Crippen LogP contribution in [-0.2, 0) is 21.7 Å². The first-order valence-corrected chi connectivity index (χ1v) is 38.3. The number of nitrogens with zero attached hydrogens (tertiary/aromatic N) is 3. The molecule has 0 radical (unpaired) electrons. The average molecular weight is 1420 g/mol. The van der Waals surface area contributed by atoms with E-state index in [-0.39, 0.29) is 16.2 Å². The first kappa shape index (κ1) is 65.5. The van der Waals surface area contributed by atoms with Gasteiger partial charge in [-0.15, -0.1) is 0 Å². The highest BCUT2D eigenvalue weighted by Gasteiger charge is 2.55. The van der Waals surface area contributed by atoms with Crippen molar-refractivity contribution in [1.29, 1.82) is 0 Å². The standard InChI is InChI=1S/C52H38N2.C28H21Cl.C24H18N2/c1-51(2)44-24-12-14-26-46(44)52(47-27-15-13-25-45(47)51)43-23-11-9-21-39(43)40-31-29-38(34-48(40)52)53(35-17-5-3-6-18-35)37-30-32-50-42(33-37)41-22-10-16-28-49(41)54(50)36-19-7-4-8-20-36;1-27(2)22-11-5-7-13-24(22)28(25-14-8-6-12-23(25)27)21-10-4-3-9-19(21)20-16-15-18(29)17-26(20)28;1-3-9-18(10-4-1)25-19-15-16-24-22(17-19)21-13-7-8-14-23(21)26(24)20-11-5-2-6-12-20/h3-34H,1-2H3;3-17H,1-2H3;1-17,25H. The molecule has 0 unspecified atom stereocenters. The highest BCUT2D eigenvalue weighted by molar-refractivity contribution is 6.31. The Labute approximate surface area is 641 Å². The number of aromatic nitrogens is 2. The van der Waals surface area contributed by atoms with Crippen LogP contribution in [-0.4, -0.2) is 9.13 Å². The minimum Gasteiger partial charge on any atom is -0.356 e. The molecule has 0 fully saturated rings. The van der Waals surface area contributed by atoms with Crippen LogP contribution >= 0.6 is 11.6 Å². The molecule has 109 heavy (non-hydrogen) atoms. The van der Waals surface area contributed by atoms with E-state index in [1.54, 1.807) is 0 Å². The number of anilines is 5. The van der Waals surface area contributed by atoms with Gasteiger partial charge in [0.05, 0.1) is 32.9 Å². The van der Waals surface area contributed by atoms with Gasteiger partial charge in [0.15, 0.2) is 0 Å². The Balaban J connectivity index is 0.000000119. The van der Waals surface area contributed by atoms with Crippen LogP contribution in [0, 0.1) is 0 Å². The lowest BCUT2D eigenvalue weighted by Gasteiger charge is -2.46. The second-order valence-electron chi connectivity index (χ2n) is 30.4. The Morgan fingerprint density at radius 1 is 0.239 bits per heavy atom. The fourth-order valence-electron chi connectivity index (χ4n) is 19.4. The molecule has 4 aliphatic rings. The van der Waals surface area contributed by atoms with Crippen molar-refractivity contribution in [1.82, 2.24) is 9.13 Å². The predicted molar refractivity (Wildman–Crippen MR) is 456 cm³/mol. The molecule has 0 saturated carbocycles. The molecule has 2 heterocycles. The maximum Gasteiger partial charge on any atom is 0.0720 e. The molecule has 1 N–H and O–H groups in total. The van der Waals surface area contributed by atoms with Gasteiger partial charge in [0.25, 0.3) is 0 Å². The Morgan fingerprint density at radius 3 is 1.06 bits per heavy atom. The third-order valence-corrected chi connectivity index (χ3v) is 24.2. The largest absolute Gasteiger partial charge is 0.356 e. The summed E-state index contributed by atoms with van der Waals surface area (Å²) in [4.78, 5) is 2.44. The van der Waals surface area contributed by atoms with Crippen molar-refractivity contribution in [2.24, 2.45) is 0 Å². The quantitative estimate of drug-likeness (QED) is 0.172. The minimum atomic E-state index is -0.458. The molecule has 0 amide bonds. The Kier molecular flexibility index (Phi) is 15.4. The summed E-state index contributed by atoms with van der Waals surface area (Å²) >= 11 is 6.58. The van der Waals surface area contributed by atoms with E-state index in [0.29, 0.717) is 0 Å². The SMILES string of the molecule is CC1(C)c2ccccc2C2(c3ccccc3-c3ccc(Cl)cc32)c2ccccc21.CC1(C)c2ccccc2C2(c3ccccc3-c3ccc(N(c4ccccc4)c4ccc5c(c4)c4ccccc4n5-c4ccccc4)cc32)c2ccccc21.c1ccc(Nc2ccc3c(c2)c2ccccc2n3-c2ccccc2)cc1. The molecule has 4 aliphatic carbocycles.